The summed E-state index contributed by atoms with van der Waals surface area (Å²) in [5, 5.41) is 10.9. The zero-order chi connectivity index (χ0) is 26.6. The molecule has 0 bridgehead atoms. The number of rotatable bonds is 7. The largest absolute Gasteiger partial charge is 0.496 e. The fraction of sp³-hybridized carbons (Fsp3) is 0.0333. The normalized spacial score (nSPS) is 14.1. The van der Waals surface area contributed by atoms with Crippen molar-refractivity contribution in [3.05, 3.63) is 134 Å². The number of methoxy groups -OCH3 is 1. The fourth-order valence-corrected chi connectivity index (χ4v) is 5.46. The van der Waals surface area contributed by atoms with Crippen molar-refractivity contribution in [1.82, 2.24) is 0 Å². The van der Waals surface area contributed by atoms with E-state index in [2.05, 4.69) is 15.9 Å². The first kappa shape index (κ1) is 25.5. The third kappa shape index (κ3) is 5.41. The van der Waals surface area contributed by atoms with E-state index >= 15 is 0 Å². The highest BCUT2D eigenvalue weighted by atomic mass is 79.9. The first-order valence-corrected chi connectivity index (χ1v) is 13.2. The summed E-state index contributed by atoms with van der Waals surface area (Å²) in [7, 11) is 1.61. The fourth-order valence-electron chi connectivity index (χ4n) is 4.08. The van der Waals surface area contributed by atoms with Crippen LogP contribution >= 0.6 is 27.7 Å². The van der Waals surface area contributed by atoms with Crippen LogP contribution < -0.4 is 9.64 Å². The summed E-state index contributed by atoms with van der Waals surface area (Å²) < 4.78 is 6.13. The minimum Gasteiger partial charge on any atom is -0.496 e. The van der Waals surface area contributed by atoms with Gasteiger partial charge in [0.1, 0.15) is 5.75 Å². The first-order chi connectivity index (χ1) is 18.4. The molecule has 0 spiro atoms. The van der Waals surface area contributed by atoms with Crippen molar-refractivity contribution in [1.29, 1.82) is 0 Å². The number of nitro groups is 1. The van der Waals surface area contributed by atoms with E-state index in [0.29, 0.717) is 5.57 Å². The maximum atomic E-state index is 13.7. The number of anilines is 1. The minimum absolute atomic E-state index is 0.0586. The molecule has 0 atom stereocenters. The first-order valence-electron chi connectivity index (χ1n) is 11.6. The Hall–Kier alpha value is -4.14. The van der Waals surface area contributed by atoms with Crippen LogP contribution in [0.3, 0.4) is 0 Å². The Morgan fingerprint density at radius 2 is 1.58 bits per heavy atom. The molecule has 0 aromatic heterocycles. The number of amides is 1. The summed E-state index contributed by atoms with van der Waals surface area (Å²) in [6, 6.07) is 29.6. The number of non-ortho nitro benzene ring substituents is 1. The summed E-state index contributed by atoms with van der Waals surface area (Å²) >= 11 is 5.01. The van der Waals surface area contributed by atoms with Crippen molar-refractivity contribution >= 4 is 56.7 Å². The second kappa shape index (κ2) is 11.1. The summed E-state index contributed by atoms with van der Waals surface area (Å²) in [6.45, 7) is 0. The Bertz CT molecular complexity index is 1570. The average molecular weight is 585 g/mol. The molecule has 0 radical (unpaired) electrons. The highest BCUT2D eigenvalue weighted by molar-refractivity contribution is 9.10. The molecule has 6 nitrogen and oxygen atoms in total. The Kier molecular flexibility index (Phi) is 7.44. The summed E-state index contributed by atoms with van der Waals surface area (Å²) in [5.41, 5.74) is 3.99. The van der Waals surface area contributed by atoms with Gasteiger partial charge in [0.25, 0.3) is 11.6 Å². The van der Waals surface area contributed by atoms with Crippen molar-refractivity contribution in [2.45, 2.75) is 9.79 Å². The predicted octanol–water partition coefficient (Wildman–Crippen LogP) is 7.99. The molecule has 0 saturated carbocycles. The van der Waals surface area contributed by atoms with Crippen LogP contribution in [0.5, 0.6) is 5.75 Å². The van der Waals surface area contributed by atoms with Gasteiger partial charge in [0.15, 0.2) is 0 Å². The average Bonchev–Trinajstić information content (AvgIpc) is 3.25. The molecule has 0 aliphatic carbocycles. The Morgan fingerprint density at radius 3 is 2.18 bits per heavy atom. The van der Waals surface area contributed by atoms with Crippen LogP contribution in [0, 0.1) is 10.1 Å². The maximum Gasteiger partial charge on any atom is 0.269 e. The topological polar surface area (TPSA) is 72.7 Å². The molecule has 1 heterocycles. The third-order valence-electron chi connectivity index (χ3n) is 5.93. The number of nitrogens with zero attached hydrogens (tertiary/aromatic N) is 2. The van der Waals surface area contributed by atoms with Gasteiger partial charge in [-0.2, -0.15) is 0 Å². The van der Waals surface area contributed by atoms with Crippen molar-refractivity contribution < 1.29 is 14.5 Å². The van der Waals surface area contributed by atoms with Gasteiger partial charge in [-0.15, -0.1) is 0 Å². The molecule has 4 aromatic carbocycles. The zero-order valence-corrected chi connectivity index (χ0v) is 22.6. The van der Waals surface area contributed by atoms with E-state index in [-0.39, 0.29) is 11.6 Å². The molecule has 1 aliphatic heterocycles. The summed E-state index contributed by atoms with van der Waals surface area (Å²) in [5.74, 6) is 0.602. The van der Waals surface area contributed by atoms with E-state index in [0.717, 1.165) is 42.5 Å². The minimum atomic E-state index is -0.412. The number of ether oxygens (including phenoxy) is 1. The molecular formula is C30H21BrN2O4S. The second-order valence-corrected chi connectivity index (χ2v) is 10.4. The zero-order valence-electron chi connectivity index (χ0n) is 20.2. The van der Waals surface area contributed by atoms with E-state index in [9.17, 15) is 14.9 Å². The van der Waals surface area contributed by atoms with Crippen LogP contribution in [0.15, 0.2) is 123 Å². The van der Waals surface area contributed by atoms with Gasteiger partial charge in [0.05, 0.1) is 22.2 Å². The number of carbonyl (C=O) groups is 1. The van der Waals surface area contributed by atoms with E-state index < -0.39 is 4.92 Å². The number of benzene rings is 4. The lowest BCUT2D eigenvalue weighted by Gasteiger charge is -2.21. The van der Waals surface area contributed by atoms with Crippen molar-refractivity contribution in [3.8, 4) is 5.75 Å². The molecule has 4 aromatic rings. The molecular weight excluding hydrogens is 564 g/mol. The number of hydrogen-bond donors (Lipinski definition) is 0. The monoisotopic (exact) mass is 584 g/mol. The summed E-state index contributed by atoms with van der Waals surface area (Å²) in [6.07, 6.45) is 3.78. The van der Waals surface area contributed by atoms with Crippen molar-refractivity contribution in [2.75, 3.05) is 12.0 Å². The van der Waals surface area contributed by atoms with E-state index in [4.69, 9.17) is 4.74 Å². The van der Waals surface area contributed by atoms with Gasteiger partial charge in [0, 0.05) is 33.2 Å². The van der Waals surface area contributed by atoms with Crippen molar-refractivity contribution in [3.63, 3.8) is 0 Å². The molecule has 0 fully saturated rings. The lowest BCUT2D eigenvalue weighted by atomic mass is 10.1. The molecule has 1 aliphatic rings. The second-order valence-electron chi connectivity index (χ2n) is 8.38. The van der Waals surface area contributed by atoms with E-state index in [1.54, 1.807) is 24.1 Å². The van der Waals surface area contributed by atoms with Gasteiger partial charge in [-0.05, 0) is 87.7 Å². The molecule has 0 saturated heterocycles. The number of hydrogen-bond acceptors (Lipinski definition) is 5. The van der Waals surface area contributed by atoms with Crippen LogP contribution in [0.1, 0.15) is 11.1 Å². The molecule has 0 N–H and O–H groups in total. The predicted molar refractivity (Wildman–Crippen MR) is 154 cm³/mol. The van der Waals surface area contributed by atoms with Gasteiger partial charge >= 0.3 is 0 Å². The SMILES string of the molecule is COc1ccc(/C=C2/C=C(c3ccccc3)N(c3ccc(Sc4ccc([N+](=O)[O-])cc4)cc3)C2=O)cc1Br. The number of halogens is 1. The van der Waals surface area contributed by atoms with Gasteiger partial charge < -0.3 is 4.74 Å². The lowest BCUT2D eigenvalue weighted by Crippen LogP contribution is -2.24. The van der Waals surface area contributed by atoms with Gasteiger partial charge in [0.2, 0.25) is 0 Å². The Labute approximate surface area is 232 Å². The molecule has 38 heavy (non-hydrogen) atoms. The summed E-state index contributed by atoms with van der Waals surface area (Å²) in [4.78, 5) is 27.7. The van der Waals surface area contributed by atoms with Crippen LogP contribution in [0.25, 0.3) is 11.8 Å². The van der Waals surface area contributed by atoms with E-state index in [1.807, 2.05) is 84.9 Å². The standard InChI is InChI=1S/C30H21BrN2O4S/c1-37-29-16-7-20(18-27(29)31)17-22-19-28(21-5-3-2-4-6-21)32(30(22)34)23-8-12-25(13-9-23)38-26-14-10-24(11-15-26)33(35)36/h2-19H,1H3/b22-17-. The van der Waals surface area contributed by atoms with Gasteiger partial charge in [-0.1, -0.05) is 48.2 Å². The van der Waals surface area contributed by atoms with Gasteiger partial charge in [-0.25, -0.2) is 0 Å². The van der Waals surface area contributed by atoms with Crippen LogP contribution in [0.2, 0.25) is 0 Å². The molecule has 5 rings (SSSR count). The van der Waals surface area contributed by atoms with Crippen LogP contribution in [0.4, 0.5) is 11.4 Å². The number of nitro benzene ring substituents is 1. The van der Waals surface area contributed by atoms with Crippen molar-refractivity contribution in [2.24, 2.45) is 0 Å². The molecule has 8 heteroatoms. The van der Waals surface area contributed by atoms with E-state index in [1.165, 1.54) is 23.9 Å². The van der Waals surface area contributed by atoms with Crippen LogP contribution in [-0.2, 0) is 4.79 Å². The van der Waals surface area contributed by atoms with Crippen LogP contribution in [-0.4, -0.2) is 17.9 Å². The van der Waals surface area contributed by atoms with Gasteiger partial charge in [-0.3, -0.25) is 19.8 Å². The smallest absolute Gasteiger partial charge is 0.269 e. The quantitative estimate of drug-likeness (QED) is 0.125. The molecule has 188 valence electrons. The Balaban J connectivity index is 1.45. The molecule has 0 unspecified atom stereocenters. The number of carbonyl (C=O) groups excluding carboxylic acids is 1. The Morgan fingerprint density at radius 1 is 0.921 bits per heavy atom. The molecule has 1 amide bonds. The maximum absolute atomic E-state index is 13.7. The highest BCUT2D eigenvalue weighted by Crippen LogP contribution is 2.37. The lowest BCUT2D eigenvalue weighted by molar-refractivity contribution is -0.384. The highest BCUT2D eigenvalue weighted by Gasteiger charge is 2.30. The third-order valence-corrected chi connectivity index (χ3v) is 7.56.